The van der Waals surface area contributed by atoms with Crippen molar-refractivity contribution in [1.82, 2.24) is 20.0 Å². The first-order valence-corrected chi connectivity index (χ1v) is 15.9. The maximum Gasteiger partial charge on any atom is 0.390 e. The summed E-state index contributed by atoms with van der Waals surface area (Å²) in [6.45, 7) is 2.33. The number of rotatable bonds is 10. The van der Waals surface area contributed by atoms with Crippen molar-refractivity contribution in [1.29, 1.82) is 0 Å². The molecule has 0 radical (unpaired) electrons. The SMILES string of the molecule is CC(C)(CC(F)(F)F)NS(=O)(=O)c1ncc(-c2sc(C(=O)N[C@H]3C[C@H](C(=O)O)C3)nc2CC2CCC2)c2ccccc12. The molecule has 0 unspecified atom stereocenters. The fourth-order valence-electron chi connectivity index (χ4n) is 5.46. The number of nitrogens with one attached hydrogen (secondary N) is 2. The van der Waals surface area contributed by atoms with E-state index in [2.05, 4.69) is 20.0 Å². The molecule has 9 nitrogen and oxygen atoms in total. The number of aliphatic carboxylic acids is 1. The zero-order valence-electron chi connectivity index (χ0n) is 23.0. The van der Waals surface area contributed by atoms with Gasteiger partial charge in [0, 0.05) is 28.7 Å². The Hall–Kier alpha value is -3.10. The number of aromatic nitrogens is 2. The standard InChI is InChI=1S/C28H31F3N4O5S2/c1-27(2,14-28(29,30)31)35-42(39,40)25-19-9-4-3-8-18(19)20(13-32-25)22-21(10-15-6-5-7-15)34-24(41-22)23(36)33-17-11-16(12-17)26(37)38/h3-4,8-9,13,15-17,35H,5-7,10-12,14H2,1-2H3,(H,33,36)(H,37,38)/t16-,17-. The third-order valence-corrected chi connectivity index (χ3v) is 10.5. The number of hydrogen-bond donors (Lipinski definition) is 3. The number of sulfonamides is 1. The molecule has 3 N–H and O–H groups in total. The van der Waals surface area contributed by atoms with Gasteiger partial charge in [0.2, 0.25) is 0 Å². The Bertz CT molecular complexity index is 1630. The zero-order chi connectivity index (χ0) is 30.4. The molecule has 5 rings (SSSR count). The van der Waals surface area contributed by atoms with Gasteiger partial charge in [-0.2, -0.15) is 13.2 Å². The van der Waals surface area contributed by atoms with Crippen molar-refractivity contribution in [3.63, 3.8) is 0 Å². The highest BCUT2D eigenvalue weighted by Gasteiger charge is 2.40. The normalized spacial score (nSPS) is 19.7. The molecule has 42 heavy (non-hydrogen) atoms. The second-order valence-electron chi connectivity index (χ2n) is 11.8. The molecular formula is C28H31F3N4O5S2. The van der Waals surface area contributed by atoms with Crippen LogP contribution in [-0.2, 0) is 21.2 Å². The number of benzene rings is 1. The van der Waals surface area contributed by atoms with Crippen LogP contribution in [0.15, 0.2) is 35.5 Å². The Morgan fingerprint density at radius 3 is 2.38 bits per heavy atom. The minimum absolute atomic E-state index is 0.217. The number of carbonyl (C=O) groups is 2. The van der Waals surface area contributed by atoms with Crippen LogP contribution in [-0.4, -0.2) is 53.1 Å². The Morgan fingerprint density at radius 2 is 1.79 bits per heavy atom. The lowest BCUT2D eigenvalue weighted by Gasteiger charge is -2.32. The molecular weight excluding hydrogens is 593 g/mol. The van der Waals surface area contributed by atoms with Crippen LogP contribution in [0.5, 0.6) is 0 Å². The van der Waals surface area contributed by atoms with Gasteiger partial charge in [-0.3, -0.25) is 9.59 Å². The summed E-state index contributed by atoms with van der Waals surface area (Å²) < 4.78 is 68.0. The van der Waals surface area contributed by atoms with Crippen molar-refractivity contribution in [3.05, 3.63) is 41.2 Å². The molecule has 2 aliphatic carbocycles. The Balaban J connectivity index is 1.50. The van der Waals surface area contributed by atoms with Crippen molar-refractivity contribution in [2.75, 3.05) is 0 Å². The lowest BCUT2D eigenvalue weighted by Crippen LogP contribution is -2.46. The lowest BCUT2D eigenvalue weighted by molar-refractivity contribution is -0.146. The fourth-order valence-corrected chi connectivity index (χ4v) is 8.04. The zero-order valence-corrected chi connectivity index (χ0v) is 24.6. The second-order valence-corrected chi connectivity index (χ2v) is 14.4. The Kier molecular flexibility index (Phi) is 8.09. The summed E-state index contributed by atoms with van der Waals surface area (Å²) in [5.41, 5.74) is -0.544. The van der Waals surface area contributed by atoms with Crippen LogP contribution in [0, 0.1) is 11.8 Å². The van der Waals surface area contributed by atoms with Gasteiger partial charge in [0.1, 0.15) is 0 Å². The molecule has 2 saturated carbocycles. The summed E-state index contributed by atoms with van der Waals surface area (Å²) in [6, 6.07) is 6.35. The van der Waals surface area contributed by atoms with Gasteiger partial charge in [-0.1, -0.05) is 43.5 Å². The minimum Gasteiger partial charge on any atom is -0.481 e. The molecule has 2 heterocycles. The number of carbonyl (C=O) groups excluding carboxylic acids is 1. The number of nitrogens with zero attached hydrogens (tertiary/aromatic N) is 2. The molecule has 2 aliphatic rings. The summed E-state index contributed by atoms with van der Waals surface area (Å²) in [7, 11) is -4.45. The third-order valence-electron chi connectivity index (χ3n) is 7.73. The van der Waals surface area contributed by atoms with Crippen LogP contribution >= 0.6 is 11.3 Å². The molecule has 1 amide bonds. The first-order valence-electron chi connectivity index (χ1n) is 13.6. The van der Waals surface area contributed by atoms with E-state index in [9.17, 15) is 31.2 Å². The van der Waals surface area contributed by atoms with Crippen molar-refractivity contribution >= 4 is 44.0 Å². The van der Waals surface area contributed by atoms with Gasteiger partial charge in [-0.25, -0.2) is 23.1 Å². The molecule has 1 aromatic carbocycles. The van der Waals surface area contributed by atoms with Gasteiger partial charge in [0.25, 0.3) is 15.9 Å². The van der Waals surface area contributed by atoms with E-state index >= 15 is 0 Å². The van der Waals surface area contributed by atoms with Gasteiger partial charge in [-0.05, 0) is 44.4 Å². The molecule has 0 spiro atoms. The van der Waals surface area contributed by atoms with Crippen LogP contribution < -0.4 is 10.0 Å². The number of amides is 1. The second kappa shape index (κ2) is 11.2. The number of halogens is 3. The van der Waals surface area contributed by atoms with E-state index in [0.717, 1.165) is 44.4 Å². The molecule has 2 aromatic heterocycles. The van der Waals surface area contributed by atoms with Gasteiger partial charge >= 0.3 is 12.1 Å². The Morgan fingerprint density at radius 1 is 1.12 bits per heavy atom. The Labute approximate surface area is 245 Å². The highest BCUT2D eigenvalue weighted by Crippen LogP contribution is 2.40. The average molecular weight is 625 g/mol. The molecule has 0 saturated heterocycles. The summed E-state index contributed by atoms with van der Waals surface area (Å²) in [6.07, 6.45) is -0.0445. The molecule has 14 heteroatoms. The van der Waals surface area contributed by atoms with Crippen molar-refractivity contribution in [3.8, 4) is 10.4 Å². The number of carboxylic acid groups (broad SMARTS) is 1. The first-order chi connectivity index (χ1) is 19.6. The molecule has 226 valence electrons. The first kappa shape index (κ1) is 30.4. The van der Waals surface area contributed by atoms with Crippen molar-refractivity contribution in [2.24, 2.45) is 11.8 Å². The maximum atomic E-state index is 13.3. The van der Waals surface area contributed by atoms with Gasteiger partial charge in [-0.15, -0.1) is 11.3 Å². The summed E-state index contributed by atoms with van der Waals surface area (Å²) in [5, 5.41) is 12.5. The predicted octanol–water partition coefficient (Wildman–Crippen LogP) is 5.30. The van der Waals surface area contributed by atoms with Crippen LogP contribution in [0.25, 0.3) is 21.2 Å². The quantitative estimate of drug-likeness (QED) is 0.278. The number of hydrogen-bond acceptors (Lipinski definition) is 7. The summed E-state index contributed by atoms with van der Waals surface area (Å²) in [5.74, 6) is -1.35. The number of pyridine rings is 1. The van der Waals surface area contributed by atoms with Crippen LogP contribution in [0.4, 0.5) is 13.2 Å². The van der Waals surface area contributed by atoms with Crippen LogP contribution in [0.3, 0.4) is 0 Å². The van der Waals surface area contributed by atoms with Crippen LogP contribution in [0.1, 0.15) is 67.9 Å². The number of fused-ring (bicyclic) bond motifs is 1. The van der Waals surface area contributed by atoms with E-state index in [-0.39, 0.29) is 16.4 Å². The molecule has 2 fully saturated rings. The van der Waals surface area contributed by atoms with E-state index in [1.54, 1.807) is 24.3 Å². The van der Waals surface area contributed by atoms with E-state index < -0.39 is 51.0 Å². The number of alkyl halides is 3. The van der Waals surface area contributed by atoms with Gasteiger partial charge < -0.3 is 10.4 Å². The number of thiazole rings is 1. The molecule has 0 aliphatic heterocycles. The minimum atomic E-state index is -4.57. The lowest BCUT2D eigenvalue weighted by atomic mass is 9.80. The predicted molar refractivity (Wildman–Crippen MR) is 151 cm³/mol. The topological polar surface area (TPSA) is 138 Å². The van der Waals surface area contributed by atoms with Crippen LogP contribution in [0.2, 0.25) is 0 Å². The molecule has 0 atom stereocenters. The number of carboxylic acids is 1. The summed E-state index contributed by atoms with van der Waals surface area (Å²) >= 11 is 1.16. The molecule has 0 bridgehead atoms. The highest BCUT2D eigenvalue weighted by molar-refractivity contribution is 7.89. The monoisotopic (exact) mass is 624 g/mol. The van der Waals surface area contributed by atoms with E-state index in [4.69, 9.17) is 5.11 Å². The fraction of sp³-hybridized carbons (Fsp3) is 0.500. The van der Waals surface area contributed by atoms with Gasteiger partial charge in [0.15, 0.2) is 10.0 Å². The van der Waals surface area contributed by atoms with Gasteiger partial charge in [0.05, 0.1) is 22.9 Å². The average Bonchev–Trinajstić information content (AvgIpc) is 3.23. The van der Waals surface area contributed by atoms with Crippen molar-refractivity contribution in [2.45, 2.75) is 81.6 Å². The largest absolute Gasteiger partial charge is 0.481 e. The maximum absolute atomic E-state index is 13.3. The van der Waals surface area contributed by atoms with E-state index in [0.29, 0.717) is 46.7 Å². The van der Waals surface area contributed by atoms with E-state index in [1.807, 2.05) is 0 Å². The highest BCUT2D eigenvalue weighted by atomic mass is 32.2. The molecule has 3 aromatic rings. The third kappa shape index (κ3) is 6.60. The van der Waals surface area contributed by atoms with E-state index in [1.165, 1.54) is 6.20 Å². The smallest absolute Gasteiger partial charge is 0.390 e. The van der Waals surface area contributed by atoms with Crippen molar-refractivity contribution < 1.29 is 36.3 Å². The summed E-state index contributed by atoms with van der Waals surface area (Å²) in [4.78, 5) is 33.8.